The lowest BCUT2D eigenvalue weighted by molar-refractivity contribution is -0.141. The molecule has 1 heterocycles. The average molecular weight is 271 g/mol. The zero-order chi connectivity index (χ0) is 14.6. The van der Waals surface area contributed by atoms with Crippen LogP contribution >= 0.6 is 0 Å². The van der Waals surface area contributed by atoms with Crippen molar-refractivity contribution in [3.8, 4) is 11.1 Å². The van der Waals surface area contributed by atoms with Gasteiger partial charge in [-0.15, -0.1) is 0 Å². The zero-order valence-electron chi connectivity index (χ0n) is 12.5. The molecule has 106 valence electrons. The van der Waals surface area contributed by atoms with Crippen molar-refractivity contribution in [3.63, 3.8) is 0 Å². The third-order valence-corrected chi connectivity index (χ3v) is 3.61. The van der Waals surface area contributed by atoms with E-state index in [0.717, 1.165) is 11.1 Å². The molecule has 0 radical (unpaired) electrons. The summed E-state index contributed by atoms with van der Waals surface area (Å²) in [5.74, 6) is 0. The minimum Gasteiger partial charge on any atom is -0.355 e. The lowest BCUT2D eigenvalue weighted by Gasteiger charge is -2.34. The van der Waals surface area contributed by atoms with Gasteiger partial charge in [0.15, 0.2) is 6.29 Å². The maximum atomic E-state index is 5.47. The van der Waals surface area contributed by atoms with E-state index in [2.05, 4.69) is 37.0 Å². The van der Waals surface area contributed by atoms with Gasteiger partial charge in [-0.1, -0.05) is 44.2 Å². The fraction of sp³-hybridized carbons (Fsp3) is 0.353. The van der Waals surface area contributed by atoms with E-state index in [0.29, 0.717) is 0 Å². The van der Waals surface area contributed by atoms with Crippen LogP contribution in [0.2, 0.25) is 0 Å². The molecule has 3 heteroatoms. The molecular weight excluding hydrogens is 250 g/mol. The monoisotopic (exact) mass is 271 g/mol. The summed E-state index contributed by atoms with van der Waals surface area (Å²) in [5.41, 5.74) is 3.17. The highest BCUT2D eigenvalue weighted by atomic mass is 16.7. The number of nitrogens with zero attached hydrogens (tertiary/aromatic N) is 1. The Bertz CT molecular complexity index is 548. The fourth-order valence-corrected chi connectivity index (χ4v) is 2.63. The molecule has 0 unspecified atom stereocenters. The van der Waals surface area contributed by atoms with Gasteiger partial charge >= 0.3 is 0 Å². The molecule has 0 aliphatic heterocycles. The minimum atomic E-state index is -0.305. The van der Waals surface area contributed by atoms with Crippen LogP contribution in [0.5, 0.6) is 0 Å². The van der Waals surface area contributed by atoms with Crippen LogP contribution in [-0.4, -0.2) is 25.5 Å². The first-order chi connectivity index (χ1) is 9.61. The van der Waals surface area contributed by atoms with Crippen LogP contribution in [0.4, 0.5) is 0 Å². The van der Waals surface area contributed by atoms with Crippen molar-refractivity contribution in [1.29, 1.82) is 0 Å². The lowest BCUT2D eigenvalue weighted by atomic mass is 9.79. The van der Waals surface area contributed by atoms with Crippen LogP contribution < -0.4 is 0 Å². The second-order valence-electron chi connectivity index (χ2n) is 5.31. The Morgan fingerprint density at radius 2 is 1.70 bits per heavy atom. The molecule has 0 fully saturated rings. The van der Waals surface area contributed by atoms with E-state index in [9.17, 15) is 0 Å². The third kappa shape index (κ3) is 2.74. The van der Waals surface area contributed by atoms with E-state index >= 15 is 0 Å². The maximum absolute atomic E-state index is 5.47. The highest BCUT2D eigenvalue weighted by Crippen LogP contribution is 2.36. The van der Waals surface area contributed by atoms with Gasteiger partial charge in [0.25, 0.3) is 0 Å². The fourth-order valence-electron chi connectivity index (χ4n) is 2.63. The Hall–Kier alpha value is -1.71. The minimum absolute atomic E-state index is 0.268. The maximum Gasteiger partial charge on any atom is 0.165 e. The first-order valence-electron chi connectivity index (χ1n) is 6.66. The van der Waals surface area contributed by atoms with E-state index in [1.807, 2.05) is 24.4 Å². The molecule has 2 rings (SSSR count). The Kier molecular flexibility index (Phi) is 4.53. The number of rotatable bonds is 5. The highest BCUT2D eigenvalue weighted by molar-refractivity contribution is 5.68. The number of aromatic nitrogens is 1. The van der Waals surface area contributed by atoms with Crippen LogP contribution in [0, 0.1) is 0 Å². The summed E-state index contributed by atoms with van der Waals surface area (Å²) in [6.07, 6.45) is 3.36. The zero-order valence-corrected chi connectivity index (χ0v) is 12.5. The number of hydrogen-bond donors (Lipinski definition) is 0. The third-order valence-electron chi connectivity index (χ3n) is 3.61. The molecule has 20 heavy (non-hydrogen) atoms. The Morgan fingerprint density at radius 3 is 2.30 bits per heavy atom. The van der Waals surface area contributed by atoms with Crippen molar-refractivity contribution < 1.29 is 9.47 Å². The molecule has 0 bridgehead atoms. The van der Waals surface area contributed by atoms with Gasteiger partial charge in [-0.25, -0.2) is 0 Å². The van der Waals surface area contributed by atoms with Gasteiger partial charge in [0.1, 0.15) is 0 Å². The van der Waals surface area contributed by atoms with Crippen molar-refractivity contribution >= 4 is 0 Å². The highest BCUT2D eigenvalue weighted by Gasteiger charge is 2.33. The molecule has 0 saturated heterocycles. The summed E-state index contributed by atoms with van der Waals surface area (Å²) in [6.45, 7) is 4.25. The molecule has 0 N–H and O–H groups in total. The first kappa shape index (κ1) is 14.7. The van der Waals surface area contributed by atoms with E-state index < -0.39 is 0 Å². The van der Waals surface area contributed by atoms with Crippen LogP contribution in [0.25, 0.3) is 11.1 Å². The molecule has 0 aliphatic rings. The van der Waals surface area contributed by atoms with Gasteiger partial charge in [0, 0.05) is 37.6 Å². The molecule has 0 amide bonds. The van der Waals surface area contributed by atoms with Crippen LogP contribution in [-0.2, 0) is 14.9 Å². The van der Waals surface area contributed by atoms with E-state index in [1.165, 1.54) is 5.56 Å². The summed E-state index contributed by atoms with van der Waals surface area (Å²) in [5, 5.41) is 0. The number of pyridine rings is 1. The Balaban J connectivity index is 2.53. The van der Waals surface area contributed by atoms with Gasteiger partial charge in [0.05, 0.1) is 0 Å². The molecular formula is C17H21NO2. The number of benzene rings is 1. The lowest BCUT2D eigenvalue weighted by Crippen LogP contribution is -2.37. The smallest absolute Gasteiger partial charge is 0.165 e. The standard InChI is InChI=1S/C17H21NO2/c1-17(2,16(19-3)20-4)15-10-6-5-9-14(15)13-8-7-11-18-12-13/h5-12,16H,1-4H3. The van der Waals surface area contributed by atoms with Crippen molar-refractivity contribution in [2.75, 3.05) is 14.2 Å². The van der Waals surface area contributed by atoms with Gasteiger partial charge in [0.2, 0.25) is 0 Å². The summed E-state index contributed by atoms with van der Waals surface area (Å²) in [4.78, 5) is 4.21. The van der Waals surface area contributed by atoms with Crippen molar-refractivity contribution in [3.05, 3.63) is 54.4 Å². The molecule has 2 aromatic rings. The molecule has 1 aromatic carbocycles. The van der Waals surface area contributed by atoms with Crippen molar-refractivity contribution in [1.82, 2.24) is 4.98 Å². The predicted molar refractivity (Wildman–Crippen MR) is 80.5 cm³/mol. The predicted octanol–water partition coefficient (Wildman–Crippen LogP) is 3.65. The normalized spacial score (nSPS) is 11.8. The van der Waals surface area contributed by atoms with Crippen LogP contribution in [0.1, 0.15) is 19.4 Å². The van der Waals surface area contributed by atoms with Crippen LogP contribution in [0.3, 0.4) is 0 Å². The van der Waals surface area contributed by atoms with E-state index in [1.54, 1.807) is 20.4 Å². The van der Waals surface area contributed by atoms with E-state index in [4.69, 9.17) is 9.47 Å². The average Bonchev–Trinajstić information content (AvgIpc) is 2.49. The summed E-state index contributed by atoms with van der Waals surface area (Å²) >= 11 is 0. The van der Waals surface area contributed by atoms with Gasteiger partial charge < -0.3 is 9.47 Å². The number of hydrogen-bond acceptors (Lipinski definition) is 3. The number of ether oxygens (including phenoxy) is 2. The largest absolute Gasteiger partial charge is 0.355 e. The molecule has 0 aliphatic carbocycles. The Morgan fingerprint density at radius 1 is 1.00 bits per heavy atom. The van der Waals surface area contributed by atoms with Crippen LogP contribution in [0.15, 0.2) is 48.8 Å². The van der Waals surface area contributed by atoms with Gasteiger partial charge in [-0.05, 0) is 17.2 Å². The molecule has 0 spiro atoms. The Labute approximate surface area is 120 Å². The van der Waals surface area contributed by atoms with E-state index in [-0.39, 0.29) is 11.7 Å². The topological polar surface area (TPSA) is 31.4 Å². The SMILES string of the molecule is COC(OC)C(C)(C)c1ccccc1-c1cccnc1. The summed E-state index contributed by atoms with van der Waals surface area (Å²) < 4.78 is 10.9. The van der Waals surface area contributed by atoms with Gasteiger partial charge in [-0.3, -0.25) is 4.98 Å². The summed E-state index contributed by atoms with van der Waals surface area (Å²) in [7, 11) is 3.34. The van der Waals surface area contributed by atoms with Crippen molar-refractivity contribution in [2.24, 2.45) is 0 Å². The molecule has 0 saturated carbocycles. The van der Waals surface area contributed by atoms with Gasteiger partial charge in [-0.2, -0.15) is 0 Å². The number of methoxy groups -OCH3 is 2. The first-order valence-corrected chi connectivity index (χ1v) is 6.66. The second-order valence-corrected chi connectivity index (χ2v) is 5.31. The molecule has 3 nitrogen and oxygen atoms in total. The second kappa shape index (κ2) is 6.16. The molecule has 1 aromatic heterocycles. The summed E-state index contributed by atoms with van der Waals surface area (Å²) in [6, 6.07) is 12.3. The molecule has 0 atom stereocenters. The van der Waals surface area contributed by atoms with Crippen molar-refractivity contribution in [2.45, 2.75) is 25.6 Å². The quantitative estimate of drug-likeness (QED) is 0.778.